The van der Waals surface area contributed by atoms with Crippen molar-refractivity contribution in [2.45, 2.75) is 62.7 Å². The van der Waals surface area contributed by atoms with Gasteiger partial charge >= 0.3 is 0 Å². The van der Waals surface area contributed by atoms with Crippen molar-refractivity contribution in [2.75, 3.05) is 0 Å². The standard InChI is InChI=1S/C36H40P2/c1-6-17-29(18-7-1)36(38(32-23-12-4-13-24-32)33-25-14-5-15-26-33)34-27-16-28-35(34)37(30-19-8-2-9-20-30)31-21-10-3-11-22-31/h2-5,8-15,19-26,29,34-36H,1,6-7,16-18,27-28H2/t34-,35+,36?/m0/s1. The van der Waals surface area contributed by atoms with Crippen molar-refractivity contribution >= 4 is 37.1 Å². The Balaban J connectivity index is 1.47. The summed E-state index contributed by atoms with van der Waals surface area (Å²) < 4.78 is 0. The molecule has 0 heterocycles. The predicted octanol–water partition coefficient (Wildman–Crippen LogP) is 8.37. The van der Waals surface area contributed by atoms with Gasteiger partial charge in [0, 0.05) is 0 Å². The molecule has 2 fully saturated rings. The molecule has 2 aliphatic carbocycles. The lowest BCUT2D eigenvalue weighted by molar-refractivity contribution is 0.300. The molecule has 194 valence electrons. The Kier molecular flexibility index (Phi) is 8.71. The molecule has 4 aromatic rings. The highest BCUT2D eigenvalue weighted by atomic mass is 31.1. The van der Waals surface area contributed by atoms with Crippen molar-refractivity contribution in [1.29, 1.82) is 0 Å². The van der Waals surface area contributed by atoms with Crippen molar-refractivity contribution in [2.24, 2.45) is 11.8 Å². The molecule has 0 spiro atoms. The van der Waals surface area contributed by atoms with Crippen LogP contribution in [0.15, 0.2) is 121 Å². The van der Waals surface area contributed by atoms with Gasteiger partial charge in [0.2, 0.25) is 0 Å². The summed E-state index contributed by atoms with van der Waals surface area (Å²) in [5.74, 6) is 1.61. The molecule has 2 aliphatic rings. The van der Waals surface area contributed by atoms with Gasteiger partial charge in [-0.05, 0) is 85.9 Å². The molecule has 38 heavy (non-hydrogen) atoms. The summed E-state index contributed by atoms with van der Waals surface area (Å²) >= 11 is 0. The lowest BCUT2D eigenvalue weighted by Crippen LogP contribution is -2.39. The minimum Gasteiger partial charge on any atom is -0.0622 e. The van der Waals surface area contributed by atoms with E-state index in [9.17, 15) is 0 Å². The fourth-order valence-electron chi connectivity index (χ4n) is 7.30. The molecule has 0 aromatic heterocycles. The maximum Gasteiger partial charge on any atom is -0.00659 e. The maximum absolute atomic E-state index is 2.44. The van der Waals surface area contributed by atoms with E-state index in [0.29, 0.717) is 0 Å². The molecule has 0 amide bonds. The van der Waals surface area contributed by atoms with E-state index in [0.717, 1.165) is 23.2 Å². The van der Waals surface area contributed by atoms with E-state index >= 15 is 0 Å². The van der Waals surface area contributed by atoms with Crippen LogP contribution in [-0.2, 0) is 0 Å². The molecule has 0 radical (unpaired) electrons. The van der Waals surface area contributed by atoms with E-state index in [-0.39, 0.29) is 0 Å². The quantitative estimate of drug-likeness (QED) is 0.199. The number of hydrogen-bond acceptors (Lipinski definition) is 0. The Labute approximate surface area is 232 Å². The van der Waals surface area contributed by atoms with Crippen molar-refractivity contribution in [3.8, 4) is 0 Å². The zero-order valence-corrected chi connectivity index (χ0v) is 24.2. The first-order valence-electron chi connectivity index (χ1n) is 14.7. The zero-order chi connectivity index (χ0) is 25.6. The molecule has 2 saturated carbocycles. The second-order valence-corrected chi connectivity index (χ2v) is 15.9. The van der Waals surface area contributed by atoms with E-state index in [4.69, 9.17) is 0 Å². The molecule has 6 rings (SSSR count). The number of rotatable bonds is 8. The Morgan fingerprint density at radius 3 is 1.37 bits per heavy atom. The van der Waals surface area contributed by atoms with Crippen molar-refractivity contribution in [1.82, 2.24) is 0 Å². The van der Waals surface area contributed by atoms with Crippen molar-refractivity contribution < 1.29 is 0 Å². The molecule has 0 saturated heterocycles. The first-order valence-corrected chi connectivity index (χ1v) is 17.5. The highest BCUT2D eigenvalue weighted by Gasteiger charge is 2.45. The molecule has 3 atom stereocenters. The van der Waals surface area contributed by atoms with E-state index in [2.05, 4.69) is 121 Å². The lowest BCUT2D eigenvalue weighted by atomic mass is 9.81. The summed E-state index contributed by atoms with van der Waals surface area (Å²) in [6.45, 7) is 0. The van der Waals surface area contributed by atoms with Gasteiger partial charge in [-0.15, -0.1) is 0 Å². The average Bonchev–Trinajstić information content (AvgIpc) is 3.47. The van der Waals surface area contributed by atoms with Gasteiger partial charge in [0.25, 0.3) is 0 Å². The smallest absolute Gasteiger partial charge is 0.00659 e. The van der Waals surface area contributed by atoms with E-state index in [1.807, 2.05) is 0 Å². The molecule has 0 aliphatic heterocycles. The topological polar surface area (TPSA) is 0 Å². The van der Waals surface area contributed by atoms with Crippen LogP contribution in [0.4, 0.5) is 0 Å². The van der Waals surface area contributed by atoms with Crippen LogP contribution in [0.5, 0.6) is 0 Å². The Hall–Kier alpha value is -2.26. The van der Waals surface area contributed by atoms with Gasteiger partial charge in [-0.3, -0.25) is 0 Å². The third-order valence-electron chi connectivity index (χ3n) is 8.87. The van der Waals surface area contributed by atoms with Crippen LogP contribution in [0.2, 0.25) is 0 Å². The number of hydrogen-bond donors (Lipinski definition) is 0. The normalized spacial score (nSPS) is 21.1. The fourth-order valence-corrected chi connectivity index (χ4v) is 14.1. The highest BCUT2D eigenvalue weighted by molar-refractivity contribution is 7.74. The molecular weight excluding hydrogens is 494 g/mol. The minimum absolute atomic E-state index is 0.397. The van der Waals surface area contributed by atoms with Gasteiger partial charge in [0.15, 0.2) is 0 Å². The predicted molar refractivity (Wildman–Crippen MR) is 170 cm³/mol. The molecule has 0 bridgehead atoms. The summed E-state index contributed by atoms with van der Waals surface area (Å²) in [6, 6.07) is 46.3. The van der Waals surface area contributed by atoms with Crippen molar-refractivity contribution in [3.05, 3.63) is 121 Å². The molecule has 0 nitrogen and oxygen atoms in total. The van der Waals surface area contributed by atoms with E-state index in [1.165, 1.54) is 51.4 Å². The van der Waals surface area contributed by atoms with E-state index in [1.54, 1.807) is 21.2 Å². The van der Waals surface area contributed by atoms with Crippen LogP contribution >= 0.6 is 15.8 Å². The maximum atomic E-state index is 2.44. The largest absolute Gasteiger partial charge is 0.0622 e. The fraction of sp³-hybridized carbons (Fsp3) is 0.333. The molecule has 1 unspecified atom stereocenters. The number of benzene rings is 4. The summed E-state index contributed by atoms with van der Waals surface area (Å²) in [7, 11) is -0.824. The second-order valence-electron chi connectivity index (χ2n) is 11.1. The van der Waals surface area contributed by atoms with Crippen LogP contribution in [-0.4, -0.2) is 11.3 Å². The summed E-state index contributed by atoms with van der Waals surface area (Å²) in [4.78, 5) is 0. The third kappa shape index (κ3) is 5.69. The Bertz CT molecular complexity index is 1160. The van der Waals surface area contributed by atoms with Crippen LogP contribution in [0.3, 0.4) is 0 Å². The molecule has 4 aromatic carbocycles. The van der Waals surface area contributed by atoms with Crippen LogP contribution in [0.25, 0.3) is 0 Å². The molecule has 0 N–H and O–H groups in total. The van der Waals surface area contributed by atoms with Gasteiger partial charge < -0.3 is 0 Å². The lowest BCUT2D eigenvalue weighted by Gasteiger charge is -2.44. The van der Waals surface area contributed by atoms with Gasteiger partial charge in [0.05, 0.1) is 0 Å². The van der Waals surface area contributed by atoms with Crippen LogP contribution in [0.1, 0.15) is 51.4 Å². The molecular formula is C36H40P2. The Morgan fingerprint density at radius 2 is 0.895 bits per heavy atom. The van der Waals surface area contributed by atoms with Gasteiger partial charge in [-0.1, -0.05) is 147 Å². The summed E-state index contributed by atoms with van der Waals surface area (Å²) in [5, 5.41) is 6.30. The second kappa shape index (κ2) is 12.7. The summed E-state index contributed by atoms with van der Waals surface area (Å²) in [5.41, 5.74) is 1.50. The minimum atomic E-state index is -0.427. The first kappa shape index (κ1) is 26.0. The average molecular weight is 535 g/mol. The van der Waals surface area contributed by atoms with Crippen LogP contribution < -0.4 is 21.2 Å². The SMILES string of the molecule is c1ccc(P(c2ccccc2)C(C2CCCCC2)[C@H]2CCC[C@H]2P(c2ccccc2)c2ccccc2)cc1. The van der Waals surface area contributed by atoms with Gasteiger partial charge in [-0.2, -0.15) is 0 Å². The first-order chi connectivity index (χ1) is 18.9. The third-order valence-corrected chi connectivity index (χ3v) is 15.0. The summed E-state index contributed by atoms with van der Waals surface area (Å²) in [6.07, 6.45) is 11.2. The highest BCUT2D eigenvalue weighted by Crippen LogP contribution is 2.59. The van der Waals surface area contributed by atoms with Crippen molar-refractivity contribution in [3.63, 3.8) is 0 Å². The monoisotopic (exact) mass is 534 g/mol. The van der Waals surface area contributed by atoms with Gasteiger partial charge in [-0.25, -0.2) is 0 Å². The van der Waals surface area contributed by atoms with Crippen LogP contribution in [0, 0.1) is 11.8 Å². The Morgan fingerprint density at radius 1 is 0.447 bits per heavy atom. The van der Waals surface area contributed by atoms with E-state index < -0.39 is 15.8 Å². The molecule has 2 heteroatoms. The zero-order valence-electron chi connectivity index (χ0n) is 22.4. The van der Waals surface area contributed by atoms with Gasteiger partial charge in [0.1, 0.15) is 0 Å².